The maximum Gasteiger partial charge on any atom is 0.163 e. The highest BCUT2D eigenvalue weighted by Crippen LogP contribution is 2.23. The van der Waals surface area contributed by atoms with Crippen LogP contribution in [0.4, 0.5) is 0 Å². The van der Waals surface area contributed by atoms with Crippen LogP contribution < -0.4 is 0 Å². The Balaban J connectivity index is 1.65. The zero-order chi connectivity index (χ0) is 18.5. The first-order valence-corrected chi connectivity index (χ1v) is 9.45. The van der Waals surface area contributed by atoms with Crippen molar-refractivity contribution in [2.45, 2.75) is 45.1 Å². The summed E-state index contributed by atoms with van der Waals surface area (Å²) in [6.45, 7) is 0.723. The van der Waals surface area contributed by atoms with Crippen molar-refractivity contribution in [2.24, 2.45) is 0 Å². The van der Waals surface area contributed by atoms with Gasteiger partial charge in [0.2, 0.25) is 0 Å². The standard InChI is InChI=1S/C23H27NO2/c1-24(2)16-20-9-5-6-10-21(20)23(26)14-13-22(25)19-12-11-17-7-3-4-8-18(17)15-19/h5-6,9-12,15H,3-4,7-8,13-14,16H2,1-2H3. The van der Waals surface area contributed by atoms with E-state index in [0.717, 1.165) is 36.1 Å². The topological polar surface area (TPSA) is 37.4 Å². The first-order valence-electron chi connectivity index (χ1n) is 9.45. The second-order valence-corrected chi connectivity index (χ2v) is 7.43. The fourth-order valence-electron chi connectivity index (χ4n) is 3.68. The SMILES string of the molecule is CN(C)Cc1ccccc1C(=O)CCC(=O)c1ccc2c(c1)CCCC2. The number of carbonyl (C=O) groups is 2. The fourth-order valence-corrected chi connectivity index (χ4v) is 3.68. The van der Waals surface area contributed by atoms with Gasteiger partial charge in [-0.25, -0.2) is 0 Å². The highest BCUT2D eigenvalue weighted by molar-refractivity contribution is 6.02. The van der Waals surface area contributed by atoms with Gasteiger partial charge in [0, 0.05) is 30.5 Å². The first-order chi connectivity index (χ1) is 12.5. The minimum absolute atomic E-state index is 0.0498. The summed E-state index contributed by atoms with van der Waals surface area (Å²) in [6, 6.07) is 13.8. The largest absolute Gasteiger partial charge is 0.305 e. The van der Waals surface area contributed by atoms with Crippen molar-refractivity contribution in [3.8, 4) is 0 Å². The first kappa shape index (κ1) is 18.5. The minimum atomic E-state index is 0.0498. The Hall–Kier alpha value is -2.26. The van der Waals surface area contributed by atoms with Gasteiger partial charge in [-0.1, -0.05) is 36.4 Å². The van der Waals surface area contributed by atoms with Gasteiger partial charge in [-0.2, -0.15) is 0 Å². The van der Waals surface area contributed by atoms with E-state index in [1.54, 1.807) is 0 Å². The van der Waals surface area contributed by atoms with Crippen LogP contribution >= 0.6 is 0 Å². The highest BCUT2D eigenvalue weighted by atomic mass is 16.1. The van der Waals surface area contributed by atoms with E-state index in [4.69, 9.17) is 0 Å². The second kappa shape index (κ2) is 8.41. The number of hydrogen-bond donors (Lipinski definition) is 0. The molecule has 0 bridgehead atoms. The maximum absolute atomic E-state index is 12.6. The lowest BCUT2D eigenvalue weighted by atomic mass is 9.89. The highest BCUT2D eigenvalue weighted by Gasteiger charge is 2.16. The van der Waals surface area contributed by atoms with E-state index >= 15 is 0 Å². The minimum Gasteiger partial charge on any atom is -0.305 e. The normalized spacial score (nSPS) is 13.5. The van der Waals surface area contributed by atoms with Gasteiger partial charge in [0.25, 0.3) is 0 Å². The van der Waals surface area contributed by atoms with Crippen LogP contribution in [0.2, 0.25) is 0 Å². The Bertz CT molecular complexity index is 808. The molecule has 0 unspecified atom stereocenters. The number of nitrogens with zero attached hydrogens (tertiary/aromatic N) is 1. The summed E-state index contributed by atoms with van der Waals surface area (Å²) < 4.78 is 0. The zero-order valence-electron chi connectivity index (χ0n) is 15.8. The van der Waals surface area contributed by atoms with Crippen molar-refractivity contribution in [2.75, 3.05) is 14.1 Å². The van der Waals surface area contributed by atoms with Crippen LogP contribution in [-0.4, -0.2) is 30.6 Å². The van der Waals surface area contributed by atoms with Crippen LogP contribution in [-0.2, 0) is 19.4 Å². The van der Waals surface area contributed by atoms with E-state index < -0.39 is 0 Å². The van der Waals surface area contributed by atoms with Gasteiger partial charge in [-0.05, 0) is 62.5 Å². The van der Waals surface area contributed by atoms with Gasteiger partial charge in [0.1, 0.15) is 0 Å². The molecule has 0 fully saturated rings. The van der Waals surface area contributed by atoms with Crippen LogP contribution in [0, 0.1) is 0 Å². The van der Waals surface area contributed by atoms with E-state index in [0.29, 0.717) is 0 Å². The molecule has 0 saturated heterocycles. The monoisotopic (exact) mass is 349 g/mol. The number of Topliss-reactive ketones (excluding diaryl/α,β-unsaturated/α-hetero) is 2. The maximum atomic E-state index is 12.6. The number of rotatable bonds is 7. The average molecular weight is 349 g/mol. The van der Waals surface area contributed by atoms with Crippen LogP contribution in [0.1, 0.15) is 63.1 Å². The molecule has 0 atom stereocenters. The lowest BCUT2D eigenvalue weighted by Crippen LogP contribution is -2.15. The summed E-state index contributed by atoms with van der Waals surface area (Å²) >= 11 is 0. The van der Waals surface area contributed by atoms with Crippen LogP contribution in [0.25, 0.3) is 0 Å². The fraction of sp³-hybridized carbons (Fsp3) is 0.391. The van der Waals surface area contributed by atoms with E-state index in [9.17, 15) is 9.59 Å². The summed E-state index contributed by atoms with van der Waals surface area (Å²) in [4.78, 5) is 27.3. The molecule has 0 aliphatic heterocycles. The molecule has 0 heterocycles. The lowest BCUT2D eigenvalue weighted by Gasteiger charge is -2.16. The van der Waals surface area contributed by atoms with Crippen molar-refractivity contribution >= 4 is 11.6 Å². The van der Waals surface area contributed by atoms with Crippen molar-refractivity contribution < 1.29 is 9.59 Å². The molecule has 3 heteroatoms. The number of benzene rings is 2. The Labute approximate surface area is 156 Å². The molecule has 1 aliphatic rings. The molecule has 2 aromatic carbocycles. The summed E-state index contributed by atoms with van der Waals surface area (Å²) in [6.07, 6.45) is 5.15. The zero-order valence-corrected chi connectivity index (χ0v) is 15.8. The number of aryl methyl sites for hydroxylation is 2. The molecule has 136 valence electrons. The van der Waals surface area contributed by atoms with Crippen molar-refractivity contribution in [1.29, 1.82) is 0 Å². The van der Waals surface area contributed by atoms with Gasteiger partial charge in [-0.3, -0.25) is 9.59 Å². The molecule has 0 spiro atoms. The van der Waals surface area contributed by atoms with Crippen LogP contribution in [0.3, 0.4) is 0 Å². The summed E-state index contributed by atoms with van der Waals surface area (Å²) in [7, 11) is 3.97. The third-order valence-electron chi connectivity index (χ3n) is 5.05. The Morgan fingerprint density at radius 1 is 0.885 bits per heavy atom. The number of ketones is 2. The van der Waals surface area contributed by atoms with Gasteiger partial charge < -0.3 is 4.90 Å². The van der Waals surface area contributed by atoms with Crippen LogP contribution in [0.15, 0.2) is 42.5 Å². The molecular formula is C23H27NO2. The average Bonchev–Trinajstić information content (AvgIpc) is 2.65. The predicted molar refractivity (Wildman–Crippen MR) is 105 cm³/mol. The van der Waals surface area contributed by atoms with E-state index in [-0.39, 0.29) is 24.4 Å². The van der Waals surface area contributed by atoms with E-state index in [1.807, 2.05) is 55.4 Å². The van der Waals surface area contributed by atoms with Gasteiger partial charge in [0.15, 0.2) is 11.6 Å². The third-order valence-corrected chi connectivity index (χ3v) is 5.05. The summed E-state index contributed by atoms with van der Waals surface area (Å²) in [5.74, 6) is 0.116. The Morgan fingerprint density at radius 2 is 1.58 bits per heavy atom. The molecule has 2 aromatic rings. The smallest absolute Gasteiger partial charge is 0.163 e. The molecule has 3 nitrogen and oxygen atoms in total. The quantitative estimate of drug-likeness (QED) is 0.692. The van der Waals surface area contributed by atoms with E-state index in [2.05, 4.69) is 6.07 Å². The van der Waals surface area contributed by atoms with E-state index in [1.165, 1.54) is 24.0 Å². The van der Waals surface area contributed by atoms with Gasteiger partial charge in [-0.15, -0.1) is 0 Å². The molecule has 26 heavy (non-hydrogen) atoms. The molecule has 0 saturated carbocycles. The van der Waals surface area contributed by atoms with Gasteiger partial charge in [0.05, 0.1) is 0 Å². The number of hydrogen-bond acceptors (Lipinski definition) is 3. The number of carbonyl (C=O) groups excluding carboxylic acids is 2. The lowest BCUT2D eigenvalue weighted by molar-refractivity contribution is 0.0916. The molecule has 0 N–H and O–H groups in total. The second-order valence-electron chi connectivity index (χ2n) is 7.43. The molecule has 0 amide bonds. The molecule has 1 aliphatic carbocycles. The third kappa shape index (κ3) is 4.47. The molecular weight excluding hydrogens is 322 g/mol. The number of fused-ring (bicyclic) bond motifs is 1. The summed E-state index contributed by atoms with van der Waals surface area (Å²) in [5, 5.41) is 0. The molecule has 0 aromatic heterocycles. The van der Waals surface area contributed by atoms with Crippen molar-refractivity contribution in [3.63, 3.8) is 0 Å². The Morgan fingerprint density at radius 3 is 2.35 bits per heavy atom. The molecule has 3 rings (SSSR count). The van der Waals surface area contributed by atoms with Crippen LogP contribution in [0.5, 0.6) is 0 Å². The Kier molecular flexibility index (Phi) is 6.00. The van der Waals surface area contributed by atoms with Crippen molar-refractivity contribution in [3.05, 3.63) is 70.3 Å². The predicted octanol–water partition coefficient (Wildman–Crippen LogP) is 4.47. The van der Waals surface area contributed by atoms with Crippen molar-refractivity contribution in [1.82, 2.24) is 4.90 Å². The van der Waals surface area contributed by atoms with Gasteiger partial charge >= 0.3 is 0 Å². The summed E-state index contributed by atoms with van der Waals surface area (Å²) in [5.41, 5.74) is 5.19. The molecule has 0 radical (unpaired) electrons.